The van der Waals surface area contributed by atoms with E-state index in [0.29, 0.717) is 5.56 Å². The van der Waals surface area contributed by atoms with Crippen molar-refractivity contribution in [1.82, 2.24) is 4.72 Å². The number of nitrogens with one attached hydrogen (secondary N) is 1. The van der Waals surface area contributed by atoms with E-state index < -0.39 is 16.1 Å². The molecule has 0 aliphatic carbocycles. The molecule has 0 aromatic heterocycles. The van der Waals surface area contributed by atoms with Crippen LogP contribution in [0.5, 0.6) is 0 Å². The van der Waals surface area contributed by atoms with E-state index in [0.717, 1.165) is 5.56 Å². The molecule has 0 heterocycles. The molecular weight excluding hydrogens is 242 g/mol. The molecule has 17 heavy (non-hydrogen) atoms. The van der Waals surface area contributed by atoms with Crippen molar-refractivity contribution in [3.05, 3.63) is 35.4 Å². The maximum atomic E-state index is 11.6. The van der Waals surface area contributed by atoms with E-state index in [4.69, 9.17) is 0 Å². The molecule has 0 atom stereocenters. The van der Waals surface area contributed by atoms with Gasteiger partial charge in [0.15, 0.2) is 0 Å². The fourth-order valence-corrected chi connectivity index (χ4v) is 2.24. The zero-order valence-electron chi connectivity index (χ0n) is 9.76. The lowest BCUT2D eigenvalue weighted by molar-refractivity contribution is 0.158. The van der Waals surface area contributed by atoms with Crippen LogP contribution in [0.4, 0.5) is 4.79 Å². The van der Waals surface area contributed by atoms with Gasteiger partial charge in [0.05, 0.1) is 12.4 Å². The second-order valence-corrected chi connectivity index (χ2v) is 5.29. The van der Waals surface area contributed by atoms with Crippen LogP contribution in [-0.4, -0.2) is 21.1 Å². The second-order valence-electron chi connectivity index (χ2n) is 3.57. The highest BCUT2D eigenvalue weighted by Gasteiger charge is 2.15. The Hall–Kier alpha value is -1.56. The predicted octanol–water partition coefficient (Wildman–Crippen LogP) is 1.57. The minimum Gasteiger partial charge on any atom is -0.449 e. The lowest BCUT2D eigenvalue weighted by Gasteiger charge is -2.06. The minimum absolute atomic E-state index is 0.131. The van der Waals surface area contributed by atoms with E-state index in [1.54, 1.807) is 19.1 Å². The Labute approximate surface area is 101 Å². The van der Waals surface area contributed by atoms with E-state index in [1.807, 2.05) is 23.8 Å². The van der Waals surface area contributed by atoms with Gasteiger partial charge in [-0.15, -0.1) is 0 Å². The first-order valence-corrected chi connectivity index (χ1v) is 6.81. The summed E-state index contributed by atoms with van der Waals surface area (Å²) in [6.07, 6.45) is -0.945. The summed E-state index contributed by atoms with van der Waals surface area (Å²) in [6.45, 7) is 3.65. The van der Waals surface area contributed by atoms with Gasteiger partial charge in [-0.05, 0) is 19.4 Å². The first kappa shape index (κ1) is 13.5. The molecule has 0 saturated carbocycles. The molecule has 1 rings (SSSR count). The van der Waals surface area contributed by atoms with Gasteiger partial charge >= 0.3 is 6.09 Å². The van der Waals surface area contributed by atoms with Gasteiger partial charge < -0.3 is 4.74 Å². The van der Waals surface area contributed by atoms with Crippen molar-refractivity contribution in [1.29, 1.82) is 0 Å². The molecule has 0 aliphatic rings. The Balaban J connectivity index is 2.66. The lowest BCUT2D eigenvalue weighted by Crippen LogP contribution is -2.32. The van der Waals surface area contributed by atoms with Gasteiger partial charge in [0, 0.05) is 0 Å². The number of benzene rings is 1. The monoisotopic (exact) mass is 257 g/mol. The van der Waals surface area contributed by atoms with Gasteiger partial charge in [-0.1, -0.05) is 29.8 Å². The largest absolute Gasteiger partial charge is 0.449 e. The minimum atomic E-state index is -3.69. The Morgan fingerprint density at radius 1 is 1.29 bits per heavy atom. The molecule has 0 unspecified atom stereocenters. The van der Waals surface area contributed by atoms with Gasteiger partial charge in [0.2, 0.25) is 10.0 Å². The van der Waals surface area contributed by atoms with E-state index in [2.05, 4.69) is 4.74 Å². The number of amides is 1. The van der Waals surface area contributed by atoms with Gasteiger partial charge in [0.1, 0.15) is 0 Å². The first-order chi connectivity index (χ1) is 7.93. The highest BCUT2D eigenvalue weighted by Crippen LogP contribution is 2.06. The number of ether oxygens (including phenoxy) is 1. The Kier molecular flexibility index (Phi) is 4.51. The van der Waals surface area contributed by atoms with Crippen LogP contribution < -0.4 is 4.72 Å². The van der Waals surface area contributed by atoms with Crippen molar-refractivity contribution in [2.24, 2.45) is 0 Å². The number of carbonyl (C=O) groups is 1. The van der Waals surface area contributed by atoms with Crippen LogP contribution in [0.2, 0.25) is 0 Å². The maximum absolute atomic E-state index is 11.6. The Morgan fingerprint density at radius 2 is 1.88 bits per heavy atom. The highest BCUT2D eigenvalue weighted by atomic mass is 32.2. The van der Waals surface area contributed by atoms with Gasteiger partial charge in [-0.3, -0.25) is 0 Å². The maximum Gasteiger partial charge on any atom is 0.420 e. The smallest absolute Gasteiger partial charge is 0.420 e. The highest BCUT2D eigenvalue weighted by molar-refractivity contribution is 7.89. The number of sulfonamides is 1. The lowest BCUT2D eigenvalue weighted by atomic mass is 10.2. The average Bonchev–Trinajstić information content (AvgIpc) is 2.20. The van der Waals surface area contributed by atoms with Crippen molar-refractivity contribution in [2.45, 2.75) is 19.6 Å². The summed E-state index contributed by atoms with van der Waals surface area (Å²) in [6, 6.07) is 7.05. The van der Waals surface area contributed by atoms with Crippen molar-refractivity contribution >= 4 is 16.1 Å². The molecular formula is C11H15NO4S. The van der Waals surface area contributed by atoms with Crippen molar-refractivity contribution in [2.75, 3.05) is 6.61 Å². The third kappa shape index (κ3) is 4.86. The third-order valence-corrected chi connectivity index (χ3v) is 3.18. The van der Waals surface area contributed by atoms with Crippen molar-refractivity contribution < 1.29 is 17.9 Å². The van der Waals surface area contributed by atoms with Crippen LogP contribution in [0, 0.1) is 6.92 Å². The van der Waals surface area contributed by atoms with Gasteiger partial charge in [-0.2, -0.15) is 0 Å². The number of hydrogen-bond acceptors (Lipinski definition) is 4. The summed E-state index contributed by atoms with van der Waals surface area (Å²) in [7, 11) is -3.69. The molecule has 94 valence electrons. The first-order valence-electron chi connectivity index (χ1n) is 5.16. The van der Waals surface area contributed by atoms with E-state index in [-0.39, 0.29) is 12.4 Å². The molecule has 0 fully saturated rings. The van der Waals surface area contributed by atoms with Crippen LogP contribution in [0.15, 0.2) is 24.3 Å². The second kappa shape index (κ2) is 5.67. The molecule has 0 saturated heterocycles. The molecule has 0 aliphatic heterocycles. The normalized spacial score (nSPS) is 10.9. The number of carbonyl (C=O) groups excluding carboxylic acids is 1. The van der Waals surface area contributed by atoms with Crippen LogP contribution in [0.1, 0.15) is 18.1 Å². The molecule has 5 nitrogen and oxygen atoms in total. The molecule has 0 radical (unpaired) electrons. The van der Waals surface area contributed by atoms with Crippen LogP contribution in [0.25, 0.3) is 0 Å². The number of aryl methyl sites for hydroxylation is 1. The van der Waals surface area contributed by atoms with E-state index >= 15 is 0 Å². The summed E-state index contributed by atoms with van der Waals surface area (Å²) in [5.41, 5.74) is 1.66. The Morgan fingerprint density at radius 3 is 2.41 bits per heavy atom. The molecule has 1 N–H and O–H groups in total. The molecule has 6 heteroatoms. The summed E-state index contributed by atoms with van der Waals surface area (Å²) in [4.78, 5) is 11.0. The van der Waals surface area contributed by atoms with Crippen LogP contribution >= 0.6 is 0 Å². The zero-order valence-corrected chi connectivity index (χ0v) is 10.6. The number of rotatable bonds is 4. The van der Waals surface area contributed by atoms with Crippen molar-refractivity contribution in [3.63, 3.8) is 0 Å². The van der Waals surface area contributed by atoms with E-state index in [9.17, 15) is 13.2 Å². The standard InChI is InChI=1S/C11H15NO4S/c1-3-16-11(13)12-17(14,15)8-10-6-4-9(2)5-7-10/h4-7H,3,8H2,1-2H3,(H,12,13). The quantitative estimate of drug-likeness (QED) is 0.888. The zero-order chi connectivity index (χ0) is 12.9. The van der Waals surface area contributed by atoms with Crippen molar-refractivity contribution in [3.8, 4) is 0 Å². The fourth-order valence-electron chi connectivity index (χ4n) is 1.23. The van der Waals surface area contributed by atoms with Crippen LogP contribution in [-0.2, 0) is 20.5 Å². The summed E-state index contributed by atoms with van der Waals surface area (Å²) >= 11 is 0. The molecule has 0 bridgehead atoms. The van der Waals surface area contributed by atoms with Crippen LogP contribution in [0.3, 0.4) is 0 Å². The fraction of sp³-hybridized carbons (Fsp3) is 0.364. The molecule has 1 amide bonds. The topological polar surface area (TPSA) is 72.5 Å². The molecule has 1 aromatic carbocycles. The SMILES string of the molecule is CCOC(=O)NS(=O)(=O)Cc1ccc(C)cc1. The Bertz CT molecular complexity index is 479. The molecule has 1 aromatic rings. The molecule has 0 spiro atoms. The van der Waals surface area contributed by atoms with Gasteiger partial charge in [-0.25, -0.2) is 17.9 Å². The third-order valence-electron chi connectivity index (χ3n) is 1.99. The predicted molar refractivity (Wildman–Crippen MR) is 64.0 cm³/mol. The van der Waals surface area contributed by atoms with Gasteiger partial charge in [0.25, 0.3) is 0 Å². The average molecular weight is 257 g/mol. The summed E-state index contributed by atoms with van der Waals surface area (Å²) in [5, 5.41) is 0. The summed E-state index contributed by atoms with van der Waals surface area (Å²) < 4.78 is 29.5. The summed E-state index contributed by atoms with van der Waals surface area (Å²) in [5.74, 6) is -0.244. The number of hydrogen-bond donors (Lipinski definition) is 1. The van der Waals surface area contributed by atoms with E-state index in [1.165, 1.54) is 0 Å².